The van der Waals surface area contributed by atoms with Crippen LogP contribution in [-0.4, -0.2) is 23.7 Å². The van der Waals surface area contributed by atoms with Crippen LogP contribution in [-0.2, 0) is 14.3 Å². The Morgan fingerprint density at radius 2 is 1.41 bits per heavy atom. The van der Waals surface area contributed by atoms with E-state index in [0.717, 1.165) is 36.8 Å². The van der Waals surface area contributed by atoms with Gasteiger partial charge in [0.1, 0.15) is 0 Å². The third-order valence-corrected chi connectivity index (χ3v) is 4.60. The van der Waals surface area contributed by atoms with Gasteiger partial charge >= 0.3 is 11.9 Å². The number of allylic oxidation sites excluding steroid dienone is 1. The first-order valence-electron chi connectivity index (χ1n) is 9.90. The second kappa shape index (κ2) is 11.6. The number of aliphatic carboxylic acids is 1. The zero-order valence-corrected chi connectivity index (χ0v) is 16.9. The minimum absolute atomic E-state index is 0.353. The Morgan fingerprint density at radius 3 is 1.97 bits per heavy atom. The SMILES string of the molecule is C=C(C)C(=O)OCCCCCCC(=C(C(=O)O)c1ccccc1)c1ccccc1. The van der Waals surface area contributed by atoms with Crippen LogP contribution < -0.4 is 0 Å². The molecule has 1 N–H and O–H groups in total. The molecule has 0 atom stereocenters. The highest BCUT2D eigenvalue weighted by molar-refractivity contribution is 6.23. The minimum Gasteiger partial charge on any atom is -0.478 e. The van der Waals surface area contributed by atoms with E-state index in [1.165, 1.54) is 0 Å². The summed E-state index contributed by atoms with van der Waals surface area (Å²) < 4.78 is 5.10. The Morgan fingerprint density at radius 1 is 0.862 bits per heavy atom. The van der Waals surface area contributed by atoms with Crippen molar-refractivity contribution in [2.24, 2.45) is 0 Å². The third kappa shape index (κ3) is 7.07. The fraction of sp³-hybridized carbons (Fsp3) is 0.280. The van der Waals surface area contributed by atoms with E-state index in [0.29, 0.717) is 29.7 Å². The van der Waals surface area contributed by atoms with Crippen molar-refractivity contribution < 1.29 is 19.4 Å². The van der Waals surface area contributed by atoms with Crippen molar-refractivity contribution in [1.29, 1.82) is 0 Å². The molecule has 2 aromatic carbocycles. The predicted molar refractivity (Wildman–Crippen MR) is 116 cm³/mol. The van der Waals surface area contributed by atoms with Crippen molar-refractivity contribution in [2.75, 3.05) is 6.61 Å². The number of carboxylic acid groups (broad SMARTS) is 1. The molecule has 0 aliphatic rings. The van der Waals surface area contributed by atoms with Gasteiger partial charge in [0, 0.05) is 5.57 Å². The fourth-order valence-corrected chi connectivity index (χ4v) is 3.13. The van der Waals surface area contributed by atoms with Gasteiger partial charge in [-0.1, -0.05) is 80.1 Å². The molecule has 0 aliphatic heterocycles. The molecular formula is C25H28O4. The van der Waals surface area contributed by atoms with Gasteiger partial charge in [0.05, 0.1) is 12.2 Å². The Balaban J connectivity index is 2.05. The molecule has 0 heterocycles. The molecule has 0 spiro atoms. The van der Waals surface area contributed by atoms with Gasteiger partial charge in [0.2, 0.25) is 0 Å². The van der Waals surface area contributed by atoms with E-state index in [2.05, 4.69) is 6.58 Å². The second-order valence-electron chi connectivity index (χ2n) is 6.97. The van der Waals surface area contributed by atoms with E-state index in [1.807, 2.05) is 60.7 Å². The normalized spacial score (nSPS) is 11.5. The summed E-state index contributed by atoms with van der Waals surface area (Å²) in [6, 6.07) is 19.0. The lowest BCUT2D eigenvalue weighted by molar-refractivity contribution is -0.139. The topological polar surface area (TPSA) is 63.6 Å². The highest BCUT2D eigenvalue weighted by atomic mass is 16.5. The van der Waals surface area contributed by atoms with Crippen LogP contribution in [0.1, 0.15) is 50.2 Å². The monoisotopic (exact) mass is 392 g/mol. The number of carboxylic acids is 1. The molecule has 152 valence electrons. The Bertz CT molecular complexity index is 851. The summed E-state index contributed by atoms with van der Waals surface area (Å²) in [6.45, 7) is 5.58. The van der Waals surface area contributed by atoms with Gasteiger partial charge in [-0.2, -0.15) is 0 Å². The number of hydrogen-bond acceptors (Lipinski definition) is 3. The predicted octanol–water partition coefficient (Wildman–Crippen LogP) is 5.75. The smallest absolute Gasteiger partial charge is 0.336 e. The van der Waals surface area contributed by atoms with Crippen LogP contribution in [0.3, 0.4) is 0 Å². The van der Waals surface area contributed by atoms with Crippen molar-refractivity contribution in [1.82, 2.24) is 0 Å². The van der Waals surface area contributed by atoms with Crippen molar-refractivity contribution in [3.8, 4) is 0 Å². The minimum atomic E-state index is -0.915. The quantitative estimate of drug-likeness (QED) is 0.229. The summed E-state index contributed by atoms with van der Waals surface area (Å²) in [7, 11) is 0. The number of ether oxygens (including phenoxy) is 1. The van der Waals surface area contributed by atoms with Crippen LogP contribution in [0.2, 0.25) is 0 Å². The van der Waals surface area contributed by atoms with Gasteiger partial charge in [0.15, 0.2) is 0 Å². The van der Waals surface area contributed by atoms with Crippen LogP contribution in [0.4, 0.5) is 0 Å². The molecule has 0 fully saturated rings. The Hall–Kier alpha value is -3.14. The number of benzene rings is 2. The summed E-state index contributed by atoms with van der Waals surface area (Å²) in [4.78, 5) is 23.5. The largest absolute Gasteiger partial charge is 0.478 e. The van der Waals surface area contributed by atoms with E-state index < -0.39 is 5.97 Å². The van der Waals surface area contributed by atoms with Crippen LogP contribution in [0, 0.1) is 0 Å². The zero-order valence-electron chi connectivity index (χ0n) is 16.9. The maximum Gasteiger partial charge on any atom is 0.336 e. The number of rotatable bonds is 11. The van der Waals surface area contributed by atoms with Crippen molar-refractivity contribution in [3.63, 3.8) is 0 Å². The highest BCUT2D eigenvalue weighted by Gasteiger charge is 2.17. The lowest BCUT2D eigenvalue weighted by Gasteiger charge is -2.14. The third-order valence-electron chi connectivity index (χ3n) is 4.60. The van der Waals surface area contributed by atoms with E-state index in [-0.39, 0.29) is 5.97 Å². The first-order chi connectivity index (χ1) is 14.0. The first kappa shape index (κ1) is 22.2. The number of unbranched alkanes of at least 4 members (excludes halogenated alkanes) is 3. The fourth-order valence-electron chi connectivity index (χ4n) is 3.13. The summed E-state index contributed by atoms with van der Waals surface area (Å²) in [6.07, 6.45) is 4.17. The maximum atomic E-state index is 12.1. The molecule has 2 aromatic rings. The van der Waals surface area contributed by atoms with Crippen LogP contribution >= 0.6 is 0 Å². The lowest BCUT2D eigenvalue weighted by atomic mass is 9.90. The molecule has 0 bridgehead atoms. The molecule has 29 heavy (non-hydrogen) atoms. The highest BCUT2D eigenvalue weighted by Crippen LogP contribution is 2.31. The summed E-state index contributed by atoms with van der Waals surface area (Å²) in [5.41, 5.74) is 3.25. The Labute approximate surface area is 172 Å². The van der Waals surface area contributed by atoms with Gasteiger partial charge in [-0.05, 0) is 42.9 Å². The molecule has 2 rings (SSSR count). The van der Waals surface area contributed by atoms with E-state index in [4.69, 9.17) is 4.74 Å². The average Bonchev–Trinajstić information content (AvgIpc) is 2.73. The van der Waals surface area contributed by atoms with E-state index in [1.54, 1.807) is 6.92 Å². The zero-order chi connectivity index (χ0) is 21.1. The number of carbonyl (C=O) groups is 2. The summed E-state index contributed by atoms with van der Waals surface area (Å²) >= 11 is 0. The molecule has 0 amide bonds. The van der Waals surface area contributed by atoms with Gasteiger partial charge in [-0.15, -0.1) is 0 Å². The van der Waals surface area contributed by atoms with Crippen LogP contribution in [0.5, 0.6) is 0 Å². The molecule has 0 saturated heterocycles. The van der Waals surface area contributed by atoms with Gasteiger partial charge in [-0.25, -0.2) is 9.59 Å². The molecule has 0 unspecified atom stereocenters. The molecule has 0 radical (unpaired) electrons. The molecule has 0 aromatic heterocycles. The van der Waals surface area contributed by atoms with Crippen LogP contribution in [0.25, 0.3) is 11.1 Å². The molecule has 4 heteroatoms. The molecule has 4 nitrogen and oxygen atoms in total. The van der Waals surface area contributed by atoms with Gasteiger partial charge < -0.3 is 9.84 Å². The lowest BCUT2D eigenvalue weighted by Crippen LogP contribution is -2.06. The van der Waals surface area contributed by atoms with Crippen molar-refractivity contribution >= 4 is 23.1 Å². The summed E-state index contributed by atoms with van der Waals surface area (Å²) in [5.74, 6) is -1.27. The molecule has 0 aliphatic carbocycles. The maximum absolute atomic E-state index is 12.1. The number of esters is 1. The van der Waals surface area contributed by atoms with Crippen molar-refractivity contribution in [2.45, 2.75) is 39.0 Å². The number of carbonyl (C=O) groups excluding carboxylic acids is 1. The van der Waals surface area contributed by atoms with Crippen molar-refractivity contribution in [3.05, 3.63) is 83.9 Å². The Kier molecular flexibility index (Phi) is 8.90. The van der Waals surface area contributed by atoms with Gasteiger partial charge in [0.25, 0.3) is 0 Å². The van der Waals surface area contributed by atoms with Crippen LogP contribution in [0.15, 0.2) is 72.8 Å². The van der Waals surface area contributed by atoms with Gasteiger partial charge in [-0.3, -0.25) is 0 Å². The standard InChI is InChI=1S/C25H28O4/c1-19(2)25(28)29-18-12-4-3-11-17-22(20-13-7-5-8-14-20)23(24(26)27)21-15-9-6-10-16-21/h5-10,13-16H,1,3-4,11-12,17-18H2,2H3,(H,26,27). The summed E-state index contributed by atoms with van der Waals surface area (Å²) in [5, 5.41) is 9.91. The molecular weight excluding hydrogens is 364 g/mol. The average molecular weight is 392 g/mol. The van der Waals surface area contributed by atoms with E-state index >= 15 is 0 Å². The number of hydrogen-bond donors (Lipinski definition) is 1. The van der Waals surface area contributed by atoms with E-state index in [9.17, 15) is 14.7 Å². The first-order valence-corrected chi connectivity index (χ1v) is 9.90. The second-order valence-corrected chi connectivity index (χ2v) is 6.97. The molecule has 0 saturated carbocycles.